The molecule has 1 N–H and O–H groups in total. The molecule has 0 aliphatic heterocycles. The van der Waals surface area contributed by atoms with Crippen molar-refractivity contribution in [1.29, 1.82) is 0 Å². The zero-order valence-electron chi connectivity index (χ0n) is 10.8. The van der Waals surface area contributed by atoms with E-state index in [1.54, 1.807) is 12.5 Å². The number of hydrogen-bond acceptors (Lipinski definition) is 6. The van der Waals surface area contributed by atoms with Gasteiger partial charge in [0, 0.05) is 26.8 Å². The summed E-state index contributed by atoms with van der Waals surface area (Å²) in [5, 5.41) is 11.2. The van der Waals surface area contributed by atoms with Crippen molar-refractivity contribution in [2.24, 2.45) is 0 Å². The standard InChI is InChI=1S/C11H17N7/c1-4-18-8-14-16-10(18)7-13-9-5-6-12-11(15-9)17(2)3/h5-6,8H,4,7H2,1-3H3,(H,12,13,15). The van der Waals surface area contributed by atoms with Crippen molar-refractivity contribution >= 4 is 11.8 Å². The lowest BCUT2D eigenvalue weighted by Gasteiger charge is -2.11. The maximum absolute atomic E-state index is 4.37. The minimum atomic E-state index is 0.595. The number of anilines is 2. The minimum Gasteiger partial charge on any atom is -0.363 e. The molecule has 0 saturated carbocycles. The molecule has 0 radical (unpaired) electrons. The highest BCUT2D eigenvalue weighted by Crippen LogP contribution is 2.08. The lowest BCUT2D eigenvalue weighted by Crippen LogP contribution is -2.14. The van der Waals surface area contributed by atoms with Crippen LogP contribution in [0.2, 0.25) is 0 Å². The van der Waals surface area contributed by atoms with Crippen molar-refractivity contribution in [3.05, 3.63) is 24.4 Å². The Morgan fingerprint density at radius 2 is 2.22 bits per heavy atom. The number of aromatic nitrogens is 5. The van der Waals surface area contributed by atoms with Gasteiger partial charge in [-0.3, -0.25) is 0 Å². The highest BCUT2D eigenvalue weighted by Gasteiger charge is 2.04. The molecule has 0 aliphatic carbocycles. The van der Waals surface area contributed by atoms with Crippen molar-refractivity contribution in [3.8, 4) is 0 Å². The number of nitrogens with zero attached hydrogens (tertiary/aromatic N) is 6. The van der Waals surface area contributed by atoms with Crippen LogP contribution in [0.4, 0.5) is 11.8 Å². The van der Waals surface area contributed by atoms with E-state index in [2.05, 4.69) is 32.4 Å². The minimum absolute atomic E-state index is 0.595. The Morgan fingerprint density at radius 1 is 1.39 bits per heavy atom. The maximum atomic E-state index is 4.37. The van der Waals surface area contributed by atoms with E-state index < -0.39 is 0 Å². The van der Waals surface area contributed by atoms with Crippen molar-refractivity contribution in [3.63, 3.8) is 0 Å². The van der Waals surface area contributed by atoms with E-state index in [0.717, 1.165) is 18.2 Å². The first-order valence-electron chi connectivity index (χ1n) is 5.81. The van der Waals surface area contributed by atoms with E-state index in [-0.39, 0.29) is 0 Å². The van der Waals surface area contributed by atoms with Crippen LogP contribution < -0.4 is 10.2 Å². The number of rotatable bonds is 5. The molecular formula is C11H17N7. The summed E-state index contributed by atoms with van der Waals surface area (Å²) in [6, 6.07) is 1.83. The number of aryl methyl sites for hydroxylation is 1. The molecule has 0 bridgehead atoms. The molecule has 7 nitrogen and oxygen atoms in total. The Labute approximate surface area is 106 Å². The average Bonchev–Trinajstić information content (AvgIpc) is 2.84. The Bertz CT molecular complexity index is 506. The van der Waals surface area contributed by atoms with Crippen molar-refractivity contribution < 1.29 is 0 Å². The van der Waals surface area contributed by atoms with Gasteiger partial charge in [0.2, 0.25) is 5.95 Å². The monoisotopic (exact) mass is 247 g/mol. The van der Waals surface area contributed by atoms with Crippen molar-refractivity contribution in [2.45, 2.75) is 20.0 Å². The molecule has 0 fully saturated rings. The third-order valence-corrected chi connectivity index (χ3v) is 2.51. The molecule has 2 aromatic heterocycles. The highest BCUT2D eigenvalue weighted by atomic mass is 15.3. The molecule has 0 aliphatic rings. The van der Waals surface area contributed by atoms with Crippen LogP contribution in [0.25, 0.3) is 0 Å². The quantitative estimate of drug-likeness (QED) is 0.841. The van der Waals surface area contributed by atoms with Gasteiger partial charge in [0.15, 0.2) is 5.82 Å². The third kappa shape index (κ3) is 2.73. The van der Waals surface area contributed by atoms with Crippen molar-refractivity contribution in [2.75, 3.05) is 24.3 Å². The highest BCUT2D eigenvalue weighted by molar-refractivity contribution is 5.40. The second kappa shape index (κ2) is 5.44. The summed E-state index contributed by atoms with van der Waals surface area (Å²) < 4.78 is 1.99. The molecular weight excluding hydrogens is 230 g/mol. The van der Waals surface area contributed by atoms with E-state index in [0.29, 0.717) is 12.5 Å². The summed E-state index contributed by atoms with van der Waals surface area (Å²) in [6.07, 6.45) is 3.46. The SMILES string of the molecule is CCn1cnnc1CNc1ccnc(N(C)C)n1. The smallest absolute Gasteiger partial charge is 0.226 e. The van der Waals surface area contributed by atoms with Crippen molar-refractivity contribution in [1.82, 2.24) is 24.7 Å². The van der Waals surface area contributed by atoms with Gasteiger partial charge >= 0.3 is 0 Å². The predicted molar refractivity (Wildman–Crippen MR) is 69.4 cm³/mol. The summed E-state index contributed by atoms with van der Waals surface area (Å²) in [7, 11) is 3.82. The molecule has 2 aromatic rings. The zero-order chi connectivity index (χ0) is 13.0. The van der Waals surface area contributed by atoms with E-state index in [9.17, 15) is 0 Å². The van der Waals surface area contributed by atoms with Crippen LogP contribution in [0.3, 0.4) is 0 Å². The summed E-state index contributed by atoms with van der Waals surface area (Å²) in [4.78, 5) is 10.4. The molecule has 0 aromatic carbocycles. The summed E-state index contributed by atoms with van der Waals surface area (Å²) in [5.41, 5.74) is 0. The van der Waals surface area contributed by atoms with Gasteiger partial charge in [-0.1, -0.05) is 0 Å². The van der Waals surface area contributed by atoms with Crippen LogP contribution in [0.5, 0.6) is 0 Å². The van der Waals surface area contributed by atoms with Gasteiger partial charge < -0.3 is 14.8 Å². The fourth-order valence-electron chi connectivity index (χ4n) is 1.51. The Balaban J connectivity index is 2.04. The summed E-state index contributed by atoms with van der Waals surface area (Å²) in [6.45, 7) is 3.51. The molecule has 2 heterocycles. The van der Waals surface area contributed by atoms with Gasteiger partial charge in [-0.15, -0.1) is 10.2 Å². The second-order valence-electron chi connectivity index (χ2n) is 4.02. The largest absolute Gasteiger partial charge is 0.363 e. The van der Waals surface area contributed by atoms with Gasteiger partial charge in [-0.25, -0.2) is 4.98 Å². The Kier molecular flexibility index (Phi) is 3.71. The van der Waals surface area contributed by atoms with Crippen LogP contribution in [-0.2, 0) is 13.1 Å². The summed E-state index contributed by atoms with van der Waals surface area (Å²) >= 11 is 0. The fraction of sp³-hybridized carbons (Fsp3) is 0.455. The first-order valence-corrected chi connectivity index (χ1v) is 5.81. The van der Waals surface area contributed by atoms with Crippen LogP contribution in [0, 0.1) is 0 Å². The van der Waals surface area contributed by atoms with E-state index >= 15 is 0 Å². The van der Waals surface area contributed by atoms with Crippen LogP contribution in [0.1, 0.15) is 12.7 Å². The molecule has 0 spiro atoms. The first kappa shape index (κ1) is 12.3. The normalized spacial score (nSPS) is 10.4. The summed E-state index contributed by atoms with van der Waals surface area (Å²) in [5.74, 6) is 2.35. The van der Waals surface area contributed by atoms with Gasteiger partial charge in [-0.05, 0) is 13.0 Å². The number of nitrogens with one attached hydrogen (secondary N) is 1. The van der Waals surface area contributed by atoms with Gasteiger partial charge in [0.1, 0.15) is 12.1 Å². The second-order valence-corrected chi connectivity index (χ2v) is 4.02. The average molecular weight is 247 g/mol. The first-order chi connectivity index (χ1) is 8.70. The number of hydrogen-bond donors (Lipinski definition) is 1. The molecule has 96 valence electrons. The molecule has 18 heavy (non-hydrogen) atoms. The fourth-order valence-corrected chi connectivity index (χ4v) is 1.51. The zero-order valence-corrected chi connectivity index (χ0v) is 10.8. The maximum Gasteiger partial charge on any atom is 0.226 e. The van der Waals surface area contributed by atoms with Gasteiger partial charge in [0.05, 0.1) is 6.54 Å². The lowest BCUT2D eigenvalue weighted by atomic mass is 10.5. The predicted octanol–water partition coefficient (Wildman–Crippen LogP) is 0.766. The molecule has 0 amide bonds. The molecule has 7 heteroatoms. The Morgan fingerprint density at radius 3 is 2.94 bits per heavy atom. The lowest BCUT2D eigenvalue weighted by molar-refractivity contribution is 0.707. The van der Waals surface area contributed by atoms with E-state index in [1.807, 2.05) is 29.6 Å². The van der Waals surface area contributed by atoms with Crippen LogP contribution >= 0.6 is 0 Å². The Hall–Kier alpha value is -2.18. The van der Waals surface area contributed by atoms with Gasteiger partial charge in [-0.2, -0.15) is 4.98 Å². The van der Waals surface area contributed by atoms with E-state index in [1.165, 1.54) is 0 Å². The van der Waals surface area contributed by atoms with Gasteiger partial charge in [0.25, 0.3) is 0 Å². The van der Waals surface area contributed by atoms with Crippen LogP contribution in [-0.4, -0.2) is 38.8 Å². The molecule has 0 atom stereocenters. The van der Waals surface area contributed by atoms with E-state index in [4.69, 9.17) is 0 Å². The molecule has 2 rings (SSSR count). The topological polar surface area (TPSA) is 71.8 Å². The molecule has 0 unspecified atom stereocenters. The third-order valence-electron chi connectivity index (χ3n) is 2.51. The molecule has 0 saturated heterocycles. The van der Waals surface area contributed by atoms with Crippen LogP contribution in [0.15, 0.2) is 18.6 Å².